The van der Waals surface area contributed by atoms with E-state index in [0.717, 1.165) is 18.2 Å². The second-order valence-electron chi connectivity index (χ2n) is 8.54. The summed E-state index contributed by atoms with van der Waals surface area (Å²) in [6, 6.07) is 13.2. The van der Waals surface area contributed by atoms with Crippen LogP contribution in [-0.4, -0.2) is 42.1 Å². The van der Waals surface area contributed by atoms with Crippen LogP contribution in [0, 0.1) is 0 Å². The molecule has 0 saturated heterocycles. The molecule has 38 heavy (non-hydrogen) atoms. The highest BCUT2D eigenvalue weighted by Gasteiger charge is 2.34. The van der Waals surface area contributed by atoms with E-state index in [9.17, 15) is 18.0 Å². The van der Waals surface area contributed by atoms with Gasteiger partial charge in [0.2, 0.25) is 5.88 Å². The molecule has 5 N–H and O–H groups in total. The van der Waals surface area contributed by atoms with Crippen LogP contribution in [-0.2, 0) is 12.7 Å². The summed E-state index contributed by atoms with van der Waals surface area (Å²) in [7, 11) is 0. The molecule has 0 aliphatic carbocycles. The van der Waals surface area contributed by atoms with Crippen molar-refractivity contribution in [3.8, 4) is 11.6 Å². The molecule has 0 radical (unpaired) electrons. The average Bonchev–Trinajstić information content (AvgIpc) is 2.88. The molecule has 204 valence electrons. The van der Waals surface area contributed by atoms with Gasteiger partial charge in [0, 0.05) is 49.0 Å². The van der Waals surface area contributed by atoms with E-state index < -0.39 is 17.8 Å². The Labute approximate surface area is 220 Å². The lowest BCUT2D eigenvalue weighted by molar-refractivity contribution is -0.138. The number of pyridine rings is 1. The van der Waals surface area contributed by atoms with Gasteiger partial charge in [-0.3, -0.25) is 4.90 Å². The van der Waals surface area contributed by atoms with Gasteiger partial charge in [-0.1, -0.05) is 19.9 Å². The predicted octanol–water partition coefficient (Wildman–Crippen LogP) is 6.14. The maximum Gasteiger partial charge on any atom is 0.416 e. The van der Waals surface area contributed by atoms with Gasteiger partial charge in [-0.2, -0.15) is 13.2 Å². The first-order valence-electron chi connectivity index (χ1n) is 12.4. The van der Waals surface area contributed by atoms with E-state index in [1.54, 1.807) is 42.6 Å². The summed E-state index contributed by atoms with van der Waals surface area (Å²) in [6.07, 6.45) is -2.09. The van der Waals surface area contributed by atoms with Crippen LogP contribution in [0.25, 0.3) is 0 Å². The molecule has 3 rings (SSSR count). The van der Waals surface area contributed by atoms with Gasteiger partial charge in [0.25, 0.3) is 0 Å². The van der Waals surface area contributed by atoms with Gasteiger partial charge >= 0.3 is 12.2 Å². The Balaban J connectivity index is 1.63. The van der Waals surface area contributed by atoms with Gasteiger partial charge < -0.3 is 26.4 Å². The third-order valence-electron chi connectivity index (χ3n) is 5.60. The summed E-state index contributed by atoms with van der Waals surface area (Å²) in [5.41, 5.74) is 6.21. The first kappa shape index (κ1) is 28.7. The number of hydrogen-bond donors (Lipinski definition) is 4. The molecule has 0 unspecified atom stereocenters. The summed E-state index contributed by atoms with van der Waals surface area (Å²) in [4.78, 5) is 18.6. The minimum atomic E-state index is -4.54. The zero-order valence-electron chi connectivity index (χ0n) is 21.4. The highest BCUT2D eigenvalue weighted by atomic mass is 19.4. The van der Waals surface area contributed by atoms with Crippen molar-refractivity contribution in [2.24, 2.45) is 5.73 Å². The maximum atomic E-state index is 13.8. The Hall–Kier alpha value is -3.83. The number of ether oxygens (including phenoxy) is 1. The number of urea groups is 1. The molecule has 0 saturated carbocycles. The molecule has 8 nitrogen and oxygen atoms in total. The number of carbonyl (C=O) groups excluding carboxylic acids is 1. The number of amides is 2. The van der Waals surface area contributed by atoms with Crippen molar-refractivity contribution in [2.75, 3.05) is 42.1 Å². The van der Waals surface area contributed by atoms with Crippen LogP contribution < -0.4 is 26.4 Å². The first-order valence-corrected chi connectivity index (χ1v) is 12.4. The van der Waals surface area contributed by atoms with Crippen LogP contribution in [0.3, 0.4) is 0 Å². The predicted molar refractivity (Wildman–Crippen MR) is 144 cm³/mol. The SMILES string of the molecule is CCCN(CC)Cc1ccc(NC(=O)Nc2ccc(Oc3cc(NCCN)ccn3)cc2)cc1C(F)(F)F. The number of nitrogens with one attached hydrogen (secondary N) is 3. The van der Waals surface area contributed by atoms with Crippen molar-refractivity contribution >= 4 is 23.1 Å². The van der Waals surface area contributed by atoms with Crippen molar-refractivity contribution in [3.05, 3.63) is 71.9 Å². The fourth-order valence-electron chi connectivity index (χ4n) is 3.77. The Morgan fingerprint density at radius 1 is 1.00 bits per heavy atom. The Kier molecular flexibility index (Phi) is 10.3. The number of nitrogens with two attached hydrogens (primary N) is 1. The molecule has 3 aromatic rings. The summed E-state index contributed by atoms with van der Waals surface area (Å²) in [5, 5.41) is 8.23. The smallest absolute Gasteiger partial charge is 0.416 e. The molecule has 0 aliphatic rings. The number of benzene rings is 2. The molecule has 2 amide bonds. The summed E-state index contributed by atoms with van der Waals surface area (Å²) >= 11 is 0. The topological polar surface area (TPSA) is 105 Å². The van der Waals surface area contributed by atoms with E-state index in [4.69, 9.17) is 10.5 Å². The summed E-state index contributed by atoms with van der Waals surface area (Å²) in [5.74, 6) is 0.875. The lowest BCUT2D eigenvalue weighted by atomic mass is 10.0. The van der Waals surface area contributed by atoms with E-state index in [0.29, 0.717) is 43.5 Å². The minimum absolute atomic E-state index is 0.0475. The average molecular weight is 531 g/mol. The third kappa shape index (κ3) is 8.63. The molecule has 0 bridgehead atoms. The number of hydrogen-bond acceptors (Lipinski definition) is 6. The minimum Gasteiger partial charge on any atom is -0.439 e. The van der Waals surface area contributed by atoms with E-state index >= 15 is 0 Å². The Morgan fingerprint density at radius 2 is 1.71 bits per heavy atom. The van der Waals surface area contributed by atoms with Crippen LogP contribution >= 0.6 is 0 Å². The van der Waals surface area contributed by atoms with Gasteiger partial charge in [0.05, 0.1) is 5.56 Å². The summed E-state index contributed by atoms with van der Waals surface area (Å²) in [6.45, 7) is 6.54. The van der Waals surface area contributed by atoms with Crippen LogP contribution in [0.15, 0.2) is 60.8 Å². The lowest BCUT2D eigenvalue weighted by Gasteiger charge is -2.22. The third-order valence-corrected chi connectivity index (χ3v) is 5.60. The Bertz CT molecular complexity index is 1190. The van der Waals surface area contributed by atoms with Crippen molar-refractivity contribution in [1.82, 2.24) is 9.88 Å². The second kappa shape index (κ2) is 13.6. The monoisotopic (exact) mass is 530 g/mol. The molecule has 1 heterocycles. The highest BCUT2D eigenvalue weighted by Crippen LogP contribution is 2.34. The van der Waals surface area contributed by atoms with E-state index in [1.165, 1.54) is 12.1 Å². The van der Waals surface area contributed by atoms with Crippen molar-refractivity contribution < 1.29 is 22.7 Å². The van der Waals surface area contributed by atoms with Crippen LogP contribution in [0.4, 0.5) is 35.0 Å². The molecular weight excluding hydrogens is 497 g/mol. The normalized spacial score (nSPS) is 11.3. The van der Waals surface area contributed by atoms with Crippen molar-refractivity contribution in [3.63, 3.8) is 0 Å². The number of carbonyl (C=O) groups is 1. The number of nitrogens with zero attached hydrogens (tertiary/aromatic N) is 2. The molecule has 0 fully saturated rings. The van der Waals surface area contributed by atoms with Gasteiger partial charge in [-0.05, 0) is 67.5 Å². The lowest BCUT2D eigenvalue weighted by Crippen LogP contribution is -2.25. The number of halogens is 3. The molecular formula is C27H33F3N6O2. The highest BCUT2D eigenvalue weighted by molar-refractivity contribution is 5.99. The van der Waals surface area contributed by atoms with Gasteiger partial charge in [0.15, 0.2) is 0 Å². The van der Waals surface area contributed by atoms with E-state index in [-0.39, 0.29) is 17.8 Å². The summed E-state index contributed by atoms with van der Waals surface area (Å²) < 4.78 is 47.0. The fourth-order valence-corrected chi connectivity index (χ4v) is 3.77. The van der Waals surface area contributed by atoms with Crippen LogP contribution in [0.2, 0.25) is 0 Å². The molecule has 2 aromatic carbocycles. The van der Waals surface area contributed by atoms with Crippen molar-refractivity contribution in [1.29, 1.82) is 0 Å². The molecule has 0 aliphatic heterocycles. The van der Waals surface area contributed by atoms with Gasteiger partial charge in [0.1, 0.15) is 5.75 Å². The molecule has 0 atom stereocenters. The molecule has 0 spiro atoms. The first-order chi connectivity index (χ1) is 18.2. The second-order valence-corrected chi connectivity index (χ2v) is 8.54. The number of rotatable bonds is 12. The zero-order chi connectivity index (χ0) is 27.5. The molecule has 11 heteroatoms. The van der Waals surface area contributed by atoms with Gasteiger partial charge in [-0.15, -0.1) is 0 Å². The number of aromatic nitrogens is 1. The van der Waals surface area contributed by atoms with Crippen molar-refractivity contribution in [2.45, 2.75) is 33.0 Å². The van der Waals surface area contributed by atoms with Crippen LogP contribution in [0.1, 0.15) is 31.4 Å². The fraction of sp³-hybridized carbons (Fsp3) is 0.333. The maximum absolute atomic E-state index is 13.8. The van der Waals surface area contributed by atoms with Gasteiger partial charge in [-0.25, -0.2) is 9.78 Å². The van der Waals surface area contributed by atoms with E-state index in [1.807, 2.05) is 18.7 Å². The molecule has 1 aromatic heterocycles. The quantitative estimate of drug-likeness (QED) is 0.224. The standard InChI is InChI=1S/C27H33F3N6O2/c1-3-15-36(4-2)18-19-5-6-22(16-24(19)27(28,29)30)35-26(37)34-20-7-9-23(10-8-20)38-25-17-21(11-13-33-25)32-14-12-31/h5-11,13,16-17H,3-4,12,14-15,18,31H2,1-2H3,(H,32,33)(H2,34,35,37). The van der Waals surface area contributed by atoms with E-state index in [2.05, 4.69) is 20.9 Å². The largest absolute Gasteiger partial charge is 0.439 e. The number of anilines is 3. The number of alkyl halides is 3. The van der Waals surface area contributed by atoms with Crippen LogP contribution in [0.5, 0.6) is 11.6 Å². The Morgan fingerprint density at radius 3 is 2.37 bits per heavy atom. The zero-order valence-corrected chi connectivity index (χ0v) is 21.4.